The molecule has 2 rings (SSSR count). The van der Waals surface area contributed by atoms with E-state index in [0.29, 0.717) is 17.7 Å². The van der Waals surface area contributed by atoms with E-state index in [1.54, 1.807) is 45.3 Å². The zero-order valence-electron chi connectivity index (χ0n) is 17.6. The van der Waals surface area contributed by atoms with Crippen LogP contribution in [-0.4, -0.2) is 59.7 Å². The Balaban J connectivity index is 1.93. The first-order valence-electron chi connectivity index (χ1n) is 9.93. The van der Waals surface area contributed by atoms with Gasteiger partial charge in [0.15, 0.2) is 0 Å². The smallest absolute Gasteiger partial charge is 0.325 e. The number of anilines is 1. The fourth-order valence-electron chi connectivity index (χ4n) is 3.26. The summed E-state index contributed by atoms with van der Waals surface area (Å²) in [6.45, 7) is 3.46. The Morgan fingerprint density at radius 3 is 2.34 bits per heavy atom. The summed E-state index contributed by atoms with van der Waals surface area (Å²) in [4.78, 5) is 51.6. The van der Waals surface area contributed by atoms with Crippen molar-refractivity contribution in [2.45, 2.75) is 51.5 Å². The molecule has 158 valence electrons. The molecule has 0 spiro atoms. The molecule has 1 atom stereocenters. The van der Waals surface area contributed by atoms with E-state index in [2.05, 4.69) is 17.6 Å². The molecule has 1 aliphatic rings. The average Bonchev–Trinajstić information content (AvgIpc) is 2.88. The lowest BCUT2D eigenvalue weighted by molar-refractivity contribution is -0.133. The van der Waals surface area contributed by atoms with Crippen LogP contribution in [0.1, 0.15) is 56.3 Å². The normalized spacial score (nSPS) is 18.6. The standard InChI is InChI=1S/C21H30N4O4/c1-5-6-7-8-13-21(2)19(28)25(20(29)23-21)14-17(26)22-16-11-9-15(10-12-16)18(27)24(3)4/h9-12H,5-8,13-14H2,1-4H3,(H,22,26)(H,23,29)/t21-/m0/s1. The van der Waals surface area contributed by atoms with Gasteiger partial charge < -0.3 is 15.5 Å². The predicted molar refractivity (Wildman–Crippen MR) is 110 cm³/mol. The van der Waals surface area contributed by atoms with E-state index < -0.39 is 17.5 Å². The SMILES string of the molecule is CCCCCC[C@]1(C)NC(=O)N(CC(=O)Nc2ccc(C(=O)N(C)C)cc2)C1=O. The highest BCUT2D eigenvalue weighted by Gasteiger charge is 2.47. The van der Waals surface area contributed by atoms with Crippen LogP contribution in [0.2, 0.25) is 0 Å². The van der Waals surface area contributed by atoms with Gasteiger partial charge in [-0.1, -0.05) is 32.6 Å². The number of nitrogens with zero attached hydrogens (tertiary/aromatic N) is 2. The molecule has 1 heterocycles. The van der Waals surface area contributed by atoms with Gasteiger partial charge in [-0.2, -0.15) is 0 Å². The largest absolute Gasteiger partial charge is 0.345 e. The van der Waals surface area contributed by atoms with E-state index in [0.717, 1.165) is 30.6 Å². The van der Waals surface area contributed by atoms with Gasteiger partial charge in [-0.3, -0.25) is 19.3 Å². The Hall–Kier alpha value is -2.90. The van der Waals surface area contributed by atoms with Crippen molar-refractivity contribution < 1.29 is 19.2 Å². The first-order chi connectivity index (χ1) is 13.7. The van der Waals surface area contributed by atoms with E-state index in [1.807, 2.05) is 0 Å². The maximum absolute atomic E-state index is 12.7. The van der Waals surface area contributed by atoms with Crippen molar-refractivity contribution in [3.8, 4) is 0 Å². The van der Waals surface area contributed by atoms with Crippen LogP contribution in [0, 0.1) is 0 Å². The number of rotatable bonds is 9. The third-order valence-corrected chi connectivity index (χ3v) is 5.00. The summed E-state index contributed by atoms with van der Waals surface area (Å²) >= 11 is 0. The molecule has 2 N–H and O–H groups in total. The molecule has 29 heavy (non-hydrogen) atoms. The maximum atomic E-state index is 12.7. The summed E-state index contributed by atoms with van der Waals surface area (Å²) in [7, 11) is 3.32. The second-order valence-electron chi connectivity index (χ2n) is 7.79. The molecule has 0 saturated carbocycles. The average molecular weight is 402 g/mol. The molecule has 1 aromatic rings. The second-order valence-corrected chi connectivity index (χ2v) is 7.79. The Morgan fingerprint density at radius 2 is 1.76 bits per heavy atom. The Labute approximate surface area is 171 Å². The van der Waals surface area contributed by atoms with Crippen LogP contribution in [-0.2, 0) is 9.59 Å². The summed E-state index contributed by atoms with van der Waals surface area (Å²) in [5.41, 5.74) is 0.0277. The van der Waals surface area contributed by atoms with Crippen LogP contribution in [0.25, 0.3) is 0 Å². The number of hydrogen-bond acceptors (Lipinski definition) is 4. The molecule has 5 amide bonds. The van der Waals surface area contributed by atoms with Gasteiger partial charge >= 0.3 is 6.03 Å². The monoisotopic (exact) mass is 402 g/mol. The van der Waals surface area contributed by atoms with Crippen LogP contribution in [0.4, 0.5) is 10.5 Å². The van der Waals surface area contributed by atoms with Gasteiger partial charge in [-0.15, -0.1) is 0 Å². The van der Waals surface area contributed by atoms with Crippen molar-refractivity contribution in [1.82, 2.24) is 15.1 Å². The summed E-state index contributed by atoms with van der Waals surface area (Å²) in [6.07, 6.45) is 4.57. The van der Waals surface area contributed by atoms with E-state index in [9.17, 15) is 19.2 Å². The summed E-state index contributed by atoms with van der Waals surface area (Å²) in [5.74, 6) is -0.989. The third kappa shape index (κ3) is 5.56. The van der Waals surface area contributed by atoms with E-state index >= 15 is 0 Å². The highest BCUT2D eigenvalue weighted by molar-refractivity contribution is 6.10. The molecule has 1 aromatic carbocycles. The summed E-state index contributed by atoms with van der Waals surface area (Å²) in [6, 6.07) is 5.89. The molecule has 8 heteroatoms. The fraction of sp³-hybridized carbons (Fsp3) is 0.524. The van der Waals surface area contributed by atoms with Crippen LogP contribution in [0.15, 0.2) is 24.3 Å². The maximum Gasteiger partial charge on any atom is 0.325 e. The van der Waals surface area contributed by atoms with Crippen molar-refractivity contribution in [3.05, 3.63) is 29.8 Å². The third-order valence-electron chi connectivity index (χ3n) is 5.00. The lowest BCUT2D eigenvalue weighted by atomic mass is 9.94. The number of hydrogen-bond donors (Lipinski definition) is 2. The Kier molecular flexibility index (Phi) is 7.36. The number of urea groups is 1. The van der Waals surface area contributed by atoms with Gasteiger partial charge in [0.1, 0.15) is 12.1 Å². The number of unbranched alkanes of at least 4 members (excludes halogenated alkanes) is 3. The molecule has 0 radical (unpaired) electrons. The van der Waals surface area contributed by atoms with Crippen LogP contribution >= 0.6 is 0 Å². The van der Waals surface area contributed by atoms with Gasteiger partial charge in [-0.25, -0.2) is 4.79 Å². The zero-order chi connectivity index (χ0) is 21.6. The predicted octanol–water partition coefficient (Wildman–Crippen LogP) is 2.61. The molecule has 1 aliphatic heterocycles. The van der Waals surface area contributed by atoms with Crippen LogP contribution in [0.5, 0.6) is 0 Å². The van der Waals surface area contributed by atoms with Crippen molar-refractivity contribution in [1.29, 1.82) is 0 Å². The number of amides is 5. The molecule has 1 fully saturated rings. The van der Waals surface area contributed by atoms with Crippen molar-refractivity contribution in [2.75, 3.05) is 26.0 Å². The summed E-state index contributed by atoms with van der Waals surface area (Å²) < 4.78 is 0. The first kappa shape index (κ1) is 22.4. The quantitative estimate of drug-likeness (QED) is 0.490. The van der Waals surface area contributed by atoms with Gasteiger partial charge in [0.05, 0.1) is 0 Å². The highest BCUT2D eigenvalue weighted by atomic mass is 16.2. The zero-order valence-corrected chi connectivity index (χ0v) is 17.6. The lowest BCUT2D eigenvalue weighted by Crippen LogP contribution is -2.44. The number of carbonyl (C=O) groups is 4. The number of carbonyl (C=O) groups excluding carboxylic acids is 4. The molecule has 0 bridgehead atoms. The number of nitrogens with one attached hydrogen (secondary N) is 2. The van der Waals surface area contributed by atoms with E-state index in [1.165, 1.54) is 4.90 Å². The molecule has 0 unspecified atom stereocenters. The highest BCUT2D eigenvalue weighted by Crippen LogP contribution is 2.24. The number of imide groups is 1. The minimum absolute atomic E-state index is 0.138. The Bertz CT molecular complexity index is 775. The molecule has 1 saturated heterocycles. The van der Waals surface area contributed by atoms with Crippen molar-refractivity contribution in [3.63, 3.8) is 0 Å². The molecule has 0 aliphatic carbocycles. The number of benzene rings is 1. The van der Waals surface area contributed by atoms with Gasteiger partial charge in [0.25, 0.3) is 11.8 Å². The van der Waals surface area contributed by atoms with Gasteiger partial charge in [0, 0.05) is 25.3 Å². The molecule has 0 aromatic heterocycles. The van der Waals surface area contributed by atoms with E-state index in [-0.39, 0.29) is 18.4 Å². The van der Waals surface area contributed by atoms with Gasteiger partial charge in [-0.05, 0) is 37.6 Å². The van der Waals surface area contributed by atoms with Crippen LogP contribution < -0.4 is 10.6 Å². The van der Waals surface area contributed by atoms with E-state index in [4.69, 9.17) is 0 Å². The van der Waals surface area contributed by atoms with Gasteiger partial charge in [0.2, 0.25) is 5.91 Å². The molecule has 8 nitrogen and oxygen atoms in total. The first-order valence-corrected chi connectivity index (χ1v) is 9.93. The minimum Gasteiger partial charge on any atom is -0.345 e. The molecular weight excluding hydrogens is 372 g/mol. The van der Waals surface area contributed by atoms with Crippen LogP contribution in [0.3, 0.4) is 0 Å². The van der Waals surface area contributed by atoms with Crippen molar-refractivity contribution in [2.24, 2.45) is 0 Å². The van der Waals surface area contributed by atoms with Crippen molar-refractivity contribution >= 4 is 29.4 Å². The topological polar surface area (TPSA) is 98.8 Å². The lowest BCUT2D eigenvalue weighted by Gasteiger charge is -2.21. The second kappa shape index (κ2) is 9.54. The fourth-order valence-corrected chi connectivity index (χ4v) is 3.26. The Morgan fingerprint density at radius 1 is 1.10 bits per heavy atom. The minimum atomic E-state index is -0.959. The summed E-state index contributed by atoms with van der Waals surface area (Å²) in [5, 5.41) is 5.38. The molecular formula is C21H30N4O4.